The molecule has 0 spiro atoms. The molecule has 2 heterocycles. The lowest BCUT2D eigenvalue weighted by atomic mass is 10.2. The standard InChI is InChI=1S/C19H31ClN6O/c1-4-26-11-5-6-16(26)13-23-19(24-14-18(27)25(2)3)21-10-9-15-7-8-17(20)22-12-15/h7-8,12,16H,4-6,9-11,13-14H2,1-3H3,(H2,21,23,24). The number of rotatable bonds is 8. The number of amides is 1. The Morgan fingerprint density at radius 3 is 2.89 bits per heavy atom. The zero-order valence-electron chi connectivity index (χ0n) is 16.5. The van der Waals surface area contributed by atoms with Crippen LogP contribution in [-0.4, -0.2) is 79.5 Å². The van der Waals surface area contributed by atoms with Gasteiger partial charge in [0.15, 0.2) is 5.96 Å². The van der Waals surface area contributed by atoms with Gasteiger partial charge in [-0.05, 0) is 44.0 Å². The molecule has 2 N–H and O–H groups in total. The summed E-state index contributed by atoms with van der Waals surface area (Å²) in [5, 5.41) is 7.22. The van der Waals surface area contributed by atoms with Gasteiger partial charge < -0.3 is 15.5 Å². The molecular formula is C19H31ClN6O. The summed E-state index contributed by atoms with van der Waals surface area (Å²) in [6, 6.07) is 4.28. The van der Waals surface area contributed by atoms with Gasteiger partial charge in [-0.3, -0.25) is 9.69 Å². The van der Waals surface area contributed by atoms with Crippen LogP contribution in [0.15, 0.2) is 23.3 Å². The van der Waals surface area contributed by atoms with E-state index in [4.69, 9.17) is 11.6 Å². The Labute approximate surface area is 167 Å². The Bertz CT molecular complexity index is 619. The number of likely N-dealkylation sites (tertiary alicyclic amines) is 1. The molecule has 0 aromatic carbocycles. The number of pyridine rings is 1. The maximum Gasteiger partial charge on any atom is 0.243 e. The molecule has 1 aromatic rings. The number of aliphatic imine (C=N–C) groups is 1. The van der Waals surface area contributed by atoms with Crippen molar-refractivity contribution in [1.82, 2.24) is 25.4 Å². The van der Waals surface area contributed by atoms with Crippen molar-refractivity contribution in [2.24, 2.45) is 4.99 Å². The van der Waals surface area contributed by atoms with Crippen LogP contribution in [0, 0.1) is 0 Å². The van der Waals surface area contributed by atoms with Gasteiger partial charge in [0.25, 0.3) is 0 Å². The van der Waals surface area contributed by atoms with E-state index in [0.717, 1.165) is 31.6 Å². The van der Waals surface area contributed by atoms with Gasteiger partial charge in [0, 0.05) is 39.4 Å². The first-order valence-corrected chi connectivity index (χ1v) is 9.94. The molecule has 1 aliphatic heterocycles. The monoisotopic (exact) mass is 394 g/mol. The van der Waals surface area contributed by atoms with E-state index in [1.165, 1.54) is 12.8 Å². The first-order chi connectivity index (χ1) is 13.0. The van der Waals surface area contributed by atoms with Crippen LogP contribution >= 0.6 is 11.6 Å². The van der Waals surface area contributed by atoms with Crippen LogP contribution in [0.1, 0.15) is 25.3 Å². The molecule has 150 valence electrons. The highest BCUT2D eigenvalue weighted by molar-refractivity contribution is 6.29. The van der Waals surface area contributed by atoms with E-state index in [0.29, 0.717) is 23.7 Å². The molecule has 0 radical (unpaired) electrons. The number of nitrogens with zero attached hydrogens (tertiary/aromatic N) is 4. The molecule has 27 heavy (non-hydrogen) atoms. The fraction of sp³-hybridized carbons (Fsp3) is 0.632. The second-order valence-electron chi connectivity index (χ2n) is 6.92. The van der Waals surface area contributed by atoms with E-state index in [-0.39, 0.29) is 12.5 Å². The van der Waals surface area contributed by atoms with Gasteiger partial charge in [0.05, 0.1) is 0 Å². The van der Waals surface area contributed by atoms with E-state index in [9.17, 15) is 4.79 Å². The third kappa shape index (κ3) is 7.34. The average molecular weight is 395 g/mol. The van der Waals surface area contributed by atoms with Gasteiger partial charge in [-0.25, -0.2) is 9.98 Å². The highest BCUT2D eigenvalue weighted by Crippen LogP contribution is 2.15. The summed E-state index contributed by atoms with van der Waals surface area (Å²) in [7, 11) is 3.48. The minimum atomic E-state index is -0.0194. The molecule has 0 aliphatic carbocycles. The molecule has 1 unspecified atom stereocenters. The predicted molar refractivity (Wildman–Crippen MR) is 110 cm³/mol. The summed E-state index contributed by atoms with van der Waals surface area (Å²) in [5.41, 5.74) is 1.10. The largest absolute Gasteiger partial charge is 0.356 e. The lowest BCUT2D eigenvalue weighted by Crippen LogP contribution is -2.45. The summed E-state index contributed by atoms with van der Waals surface area (Å²) in [5.74, 6) is 0.657. The maximum atomic E-state index is 11.9. The van der Waals surface area contributed by atoms with Gasteiger partial charge >= 0.3 is 0 Å². The van der Waals surface area contributed by atoms with Gasteiger partial charge in [-0.1, -0.05) is 24.6 Å². The lowest BCUT2D eigenvalue weighted by molar-refractivity contribution is -0.127. The third-order valence-electron chi connectivity index (χ3n) is 4.78. The molecule has 1 amide bonds. The first-order valence-electron chi connectivity index (χ1n) is 9.56. The van der Waals surface area contributed by atoms with Crippen molar-refractivity contribution in [3.05, 3.63) is 29.0 Å². The Hall–Kier alpha value is -1.86. The first kappa shape index (κ1) is 21.4. The molecule has 8 heteroatoms. The van der Waals surface area contributed by atoms with Crippen LogP contribution in [0.4, 0.5) is 0 Å². The Morgan fingerprint density at radius 2 is 2.22 bits per heavy atom. The van der Waals surface area contributed by atoms with Crippen molar-refractivity contribution in [2.75, 3.05) is 46.8 Å². The van der Waals surface area contributed by atoms with Crippen molar-refractivity contribution in [3.63, 3.8) is 0 Å². The number of likely N-dealkylation sites (N-methyl/N-ethyl adjacent to an activating group) is 2. The van der Waals surface area contributed by atoms with Gasteiger partial charge in [0.2, 0.25) is 5.91 Å². The highest BCUT2D eigenvalue weighted by atomic mass is 35.5. The van der Waals surface area contributed by atoms with Gasteiger partial charge in [0.1, 0.15) is 11.7 Å². The normalized spacial score (nSPS) is 17.8. The van der Waals surface area contributed by atoms with Gasteiger partial charge in [-0.2, -0.15) is 0 Å². The number of halogens is 1. The number of hydrogen-bond donors (Lipinski definition) is 2. The lowest BCUT2D eigenvalue weighted by Gasteiger charge is -2.24. The number of guanidine groups is 1. The smallest absolute Gasteiger partial charge is 0.243 e. The Morgan fingerprint density at radius 1 is 1.41 bits per heavy atom. The molecule has 0 saturated carbocycles. The van der Waals surface area contributed by atoms with Crippen LogP contribution in [0.5, 0.6) is 0 Å². The van der Waals surface area contributed by atoms with Crippen molar-refractivity contribution < 1.29 is 4.79 Å². The van der Waals surface area contributed by atoms with Crippen LogP contribution in [0.3, 0.4) is 0 Å². The van der Waals surface area contributed by atoms with E-state index in [1.807, 2.05) is 6.07 Å². The second kappa shape index (κ2) is 11.1. The minimum absolute atomic E-state index is 0.0194. The maximum absolute atomic E-state index is 11.9. The third-order valence-corrected chi connectivity index (χ3v) is 5.00. The molecule has 1 aromatic heterocycles. The van der Waals surface area contributed by atoms with Crippen molar-refractivity contribution in [2.45, 2.75) is 32.2 Å². The molecule has 2 rings (SSSR count). The number of carbonyl (C=O) groups excluding carboxylic acids is 1. The molecule has 1 fully saturated rings. The molecule has 1 aliphatic rings. The molecular weight excluding hydrogens is 364 g/mol. The fourth-order valence-electron chi connectivity index (χ4n) is 3.10. The van der Waals surface area contributed by atoms with E-state index < -0.39 is 0 Å². The SMILES string of the molecule is CCN1CCCC1CNC(=NCC(=O)N(C)C)NCCc1ccc(Cl)nc1. The van der Waals surface area contributed by atoms with Crippen molar-refractivity contribution in [3.8, 4) is 0 Å². The quantitative estimate of drug-likeness (QED) is 0.396. The van der Waals surface area contributed by atoms with E-state index in [2.05, 4.69) is 32.4 Å². The van der Waals surface area contributed by atoms with E-state index in [1.54, 1.807) is 31.3 Å². The Balaban J connectivity index is 1.88. The number of hydrogen-bond acceptors (Lipinski definition) is 4. The number of nitrogens with one attached hydrogen (secondary N) is 2. The average Bonchev–Trinajstić information content (AvgIpc) is 3.12. The molecule has 7 nitrogen and oxygen atoms in total. The van der Waals surface area contributed by atoms with Crippen molar-refractivity contribution in [1.29, 1.82) is 0 Å². The Kier molecular flexibility index (Phi) is 8.81. The predicted octanol–water partition coefficient (Wildman–Crippen LogP) is 1.39. The number of aromatic nitrogens is 1. The summed E-state index contributed by atoms with van der Waals surface area (Å²) >= 11 is 5.82. The highest BCUT2D eigenvalue weighted by Gasteiger charge is 2.22. The molecule has 0 bridgehead atoms. The summed E-state index contributed by atoms with van der Waals surface area (Å²) in [4.78, 5) is 24.4. The van der Waals surface area contributed by atoms with Crippen LogP contribution in [0.25, 0.3) is 0 Å². The van der Waals surface area contributed by atoms with Crippen molar-refractivity contribution >= 4 is 23.5 Å². The zero-order chi connectivity index (χ0) is 19.6. The molecule has 1 atom stereocenters. The zero-order valence-corrected chi connectivity index (χ0v) is 17.3. The summed E-state index contributed by atoms with van der Waals surface area (Å²) in [6.07, 6.45) is 5.02. The fourth-order valence-corrected chi connectivity index (χ4v) is 3.21. The summed E-state index contributed by atoms with van der Waals surface area (Å²) < 4.78 is 0. The van der Waals surface area contributed by atoms with Gasteiger partial charge in [-0.15, -0.1) is 0 Å². The van der Waals surface area contributed by atoms with Crippen LogP contribution in [0.2, 0.25) is 5.15 Å². The van der Waals surface area contributed by atoms with E-state index >= 15 is 0 Å². The van der Waals surface area contributed by atoms with Crippen LogP contribution < -0.4 is 10.6 Å². The number of carbonyl (C=O) groups is 1. The minimum Gasteiger partial charge on any atom is -0.356 e. The molecule has 1 saturated heterocycles. The van der Waals surface area contributed by atoms with Crippen LogP contribution in [-0.2, 0) is 11.2 Å². The topological polar surface area (TPSA) is 72.9 Å². The summed E-state index contributed by atoms with van der Waals surface area (Å²) in [6.45, 7) is 6.08. The second-order valence-corrected chi connectivity index (χ2v) is 7.31.